The van der Waals surface area contributed by atoms with Crippen molar-refractivity contribution in [2.75, 3.05) is 31.1 Å². The van der Waals surface area contributed by atoms with Crippen molar-refractivity contribution < 1.29 is 22.8 Å². The second-order valence-electron chi connectivity index (χ2n) is 7.42. The second-order valence-corrected chi connectivity index (χ2v) is 10.1. The Morgan fingerprint density at radius 3 is 1.88 bits per heavy atom. The standard InChI is InChI=1S/C21H19Cl2N3O5S/c22-16-2-1-3-17(23)20(16)32(30,31)25-12-10-24(11-13-25)21(29)14-4-6-15(7-5-14)26-18(27)8-9-19(26)28/h1-7H,8-13H2. The van der Waals surface area contributed by atoms with Gasteiger partial charge >= 0.3 is 0 Å². The minimum absolute atomic E-state index is 0.0473. The van der Waals surface area contributed by atoms with Crippen molar-refractivity contribution in [3.05, 3.63) is 58.1 Å². The number of anilines is 1. The number of sulfonamides is 1. The predicted octanol–water partition coefficient (Wildman–Crippen LogP) is 2.79. The lowest BCUT2D eigenvalue weighted by atomic mass is 10.1. The molecule has 168 valence electrons. The van der Waals surface area contributed by atoms with Gasteiger partial charge in [0.2, 0.25) is 21.8 Å². The summed E-state index contributed by atoms with van der Waals surface area (Å²) in [7, 11) is -3.90. The van der Waals surface area contributed by atoms with E-state index < -0.39 is 10.0 Å². The summed E-state index contributed by atoms with van der Waals surface area (Å²) in [4.78, 5) is 39.1. The van der Waals surface area contributed by atoms with Crippen LogP contribution in [0.4, 0.5) is 5.69 Å². The molecule has 2 aromatic rings. The average Bonchev–Trinajstić information content (AvgIpc) is 3.11. The van der Waals surface area contributed by atoms with Crippen LogP contribution in [0.1, 0.15) is 23.2 Å². The normalized spacial score (nSPS) is 17.8. The molecule has 0 N–H and O–H groups in total. The molecule has 2 heterocycles. The van der Waals surface area contributed by atoms with Gasteiger partial charge in [0.25, 0.3) is 5.91 Å². The Hall–Kier alpha value is -2.46. The van der Waals surface area contributed by atoms with Crippen LogP contribution >= 0.6 is 23.2 Å². The van der Waals surface area contributed by atoms with Crippen LogP contribution in [0.25, 0.3) is 0 Å². The van der Waals surface area contributed by atoms with E-state index in [1.165, 1.54) is 16.4 Å². The fraction of sp³-hybridized carbons (Fsp3) is 0.286. The summed E-state index contributed by atoms with van der Waals surface area (Å²) in [6.07, 6.45) is 0.373. The molecule has 2 aliphatic heterocycles. The van der Waals surface area contributed by atoms with Crippen LogP contribution in [-0.2, 0) is 19.6 Å². The molecule has 0 bridgehead atoms. The van der Waals surface area contributed by atoms with Crippen LogP contribution < -0.4 is 4.90 Å². The Morgan fingerprint density at radius 2 is 1.34 bits per heavy atom. The molecule has 2 aliphatic rings. The van der Waals surface area contributed by atoms with E-state index in [4.69, 9.17) is 23.2 Å². The van der Waals surface area contributed by atoms with Gasteiger partial charge in [-0.2, -0.15) is 4.31 Å². The zero-order valence-electron chi connectivity index (χ0n) is 16.8. The Morgan fingerprint density at radius 1 is 0.812 bits per heavy atom. The monoisotopic (exact) mass is 495 g/mol. The van der Waals surface area contributed by atoms with Gasteiger partial charge in [0.1, 0.15) is 4.90 Å². The first-order valence-electron chi connectivity index (χ1n) is 9.89. The van der Waals surface area contributed by atoms with Gasteiger partial charge in [-0.3, -0.25) is 19.3 Å². The highest BCUT2D eigenvalue weighted by atomic mass is 35.5. The first-order valence-corrected chi connectivity index (χ1v) is 12.1. The van der Waals surface area contributed by atoms with Gasteiger partial charge in [-0.05, 0) is 36.4 Å². The zero-order chi connectivity index (χ0) is 23.0. The fourth-order valence-corrected chi connectivity index (χ4v) is 6.30. The number of hydrogen-bond acceptors (Lipinski definition) is 5. The summed E-state index contributed by atoms with van der Waals surface area (Å²) in [6, 6.07) is 10.7. The Kier molecular flexibility index (Phi) is 6.26. The summed E-state index contributed by atoms with van der Waals surface area (Å²) in [5.41, 5.74) is 0.819. The number of nitrogens with zero attached hydrogens (tertiary/aromatic N) is 3. The fourth-order valence-electron chi connectivity index (χ4n) is 3.79. The lowest BCUT2D eigenvalue weighted by Gasteiger charge is -2.34. The number of imide groups is 1. The van der Waals surface area contributed by atoms with Crippen LogP contribution in [0.3, 0.4) is 0 Å². The van der Waals surface area contributed by atoms with Crippen LogP contribution in [0.5, 0.6) is 0 Å². The largest absolute Gasteiger partial charge is 0.336 e. The number of benzene rings is 2. The maximum absolute atomic E-state index is 13.0. The lowest BCUT2D eigenvalue weighted by molar-refractivity contribution is -0.121. The summed E-state index contributed by atoms with van der Waals surface area (Å²) in [5, 5.41) is 0.0946. The van der Waals surface area contributed by atoms with Gasteiger partial charge in [0, 0.05) is 44.6 Å². The quantitative estimate of drug-likeness (QED) is 0.607. The van der Waals surface area contributed by atoms with Crippen molar-refractivity contribution >= 4 is 56.6 Å². The summed E-state index contributed by atoms with van der Waals surface area (Å²) in [5.74, 6) is -0.779. The smallest absolute Gasteiger partial charge is 0.253 e. The molecule has 0 aliphatic carbocycles. The minimum Gasteiger partial charge on any atom is -0.336 e. The van der Waals surface area contributed by atoms with Gasteiger partial charge in [-0.1, -0.05) is 29.3 Å². The van der Waals surface area contributed by atoms with Crippen molar-refractivity contribution in [2.24, 2.45) is 0 Å². The molecule has 11 heteroatoms. The van der Waals surface area contributed by atoms with E-state index in [9.17, 15) is 22.8 Å². The highest BCUT2D eigenvalue weighted by Crippen LogP contribution is 2.32. The summed E-state index contributed by atoms with van der Waals surface area (Å²) < 4.78 is 27.2. The number of amides is 3. The Bertz CT molecular complexity index is 1160. The molecular weight excluding hydrogens is 477 g/mol. The lowest BCUT2D eigenvalue weighted by Crippen LogP contribution is -2.50. The second kappa shape index (κ2) is 8.82. The molecule has 32 heavy (non-hydrogen) atoms. The number of rotatable bonds is 4. The van der Waals surface area contributed by atoms with E-state index in [2.05, 4.69) is 0 Å². The van der Waals surface area contributed by atoms with Gasteiger partial charge in [-0.25, -0.2) is 8.42 Å². The average molecular weight is 496 g/mol. The molecule has 4 rings (SSSR count). The number of carbonyl (C=O) groups excluding carboxylic acids is 3. The Balaban J connectivity index is 1.44. The molecule has 2 fully saturated rings. The number of piperazine rings is 1. The van der Waals surface area contributed by atoms with Crippen LogP contribution in [0, 0.1) is 0 Å². The number of halogens is 2. The molecule has 0 atom stereocenters. The Labute approximate surface area is 195 Å². The molecule has 0 radical (unpaired) electrons. The molecule has 0 saturated carbocycles. The third-order valence-corrected chi connectivity index (χ3v) is 8.32. The summed E-state index contributed by atoms with van der Waals surface area (Å²) in [6.45, 7) is 0.602. The predicted molar refractivity (Wildman–Crippen MR) is 119 cm³/mol. The highest BCUT2D eigenvalue weighted by molar-refractivity contribution is 7.89. The van der Waals surface area contributed by atoms with E-state index in [0.29, 0.717) is 11.3 Å². The van der Waals surface area contributed by atoms with E-state index in [-0.39, 0.29) is 71.7 Å². The first-order chi connectivity index (χ1) is 15.2. The molecule has 2 aromatic carbocycles. The maximum atomic E-state index is 13.0. The van der Waals surface area contributed by atoms with Crippen LogP contribution in [0.2, 0.25) is 10.0 Å². The summed E-state index contributed by atoms with van der Waals surface area (Å²) >= 11 is 12.1. The molecule has 0 unspecified atom stereocenters. The molecule has 0 aromatic heterocycles. The number of hydrogen-bond donors (Lipinski definition) is 0. The maximum Gasteiger partial charge on any atom is 0.253 e. The SMILES string of the molecule is O=C(c1ccc(N2C(=O)CCC2=O)cc1)N1CCN(S(=O)(=O)c2c(Cl)cccc2Cl)CC1. The third kappa shape index (κ3) is 4.13. The van der Waals surface area contributed by atoms with Gasteiger partial charge in [-0.15, -0.1) is 0 Å². The van der Waals surface area contributed by atoms with E-state index in [1.54, 1.807) is 35.2 Å². The van der Waals surface area contributed by atoms with E-state index in [1.807, 2.05) is 0 Å². The van der Waals surface area contributed by atoms with E-state index >= 15 is 0 Å². The molecule has 2 saturated heterocycles. The highest BCUT2D eigenvalue weighted by Gasteiger charge is 2.34. The van der Waals surface area contributed by atoms with Crippen molar-refractivity contribution in [3.8, 4) is 0 Å². The third-order valence-electron chi connectivity index (χ3n) is 5.47. The zero-order valence-corrected chi connectivity index (χ0v) is 19.2. The van der Waals surface area contributed by atoms with Crippen LogP contribution in [-0.4, -0.2) is 61.5 Å². The molecule has 0 spiro atoms. The van der Waals surface area contributed by atoms with Crippen molar-refractivity contribution in [2.45, 2.75) is 17.7 Å². The van der Waals surface area contributed by atoms with Crippen molar-refractivity contribution in [1.29, 1.82) is 0 Å². The first kappa shape index (κ1) is 22.7. The molecular formula is C21H19Cl2N3O5S. The van der Waals surface area contributed by atoms with Gasteiger partial charge in [0.15, 0.2) is 0 Å². The van der Waals surface area contributed by atoms with Crippen LogP contribution in [0.15, 0.2) is 47.4 Å². The van der Waals surface area contributed by atoms with E-state index in [0.717, 1.165) is 4.90 Å². The van der Waals surface area contributed by atoms with Gasteiger partial charge < -0.3 is 4.90 Å². The topological polar surface area (TPSA) is 95.1 Å². The van der Waals surface area contributed by atoms with Crippen molar-refractivity contribution in [1.82, 2.24) is 9.21 Å². The van der Waals surface area contributed by atoms with Crippen molar-refractivity contribution in [3.63, 3.8) is 0 Å². The van der Waals surface area contributed by atoms with Gasteiger partial charge in [0.05, 0.1) is 15.7 Å². The molecule has 8 nitrogen and oxygen atoms in total. The minimum atomic E-state index is -3.90. The number of carbonyl (C=O) groups is 3. The molecule has 3 amide bonds.